The Kier molecular flexibility index (Phi) is 6.15. The number of nitrogens with zero attached hydrogens (tertiary/aromatic N) is 2. The summed E-state index contributed by atoms with van der Waals surface area (Å²) in [4.78, 5) is 16.9. The quantitative estimate of drug-likeness (QED) is 0.832. The van der Waals surface area contributed by atoms with Crippen molar-refractivity contribution >= 4 is 6.03 Å². The lowest BCUT2D eigenvalue weighted by molar-refractivity contribution is 0.161. The van der Waals surface area contributed by atoms with Crippen LogP contribution in [-0.2, 0) is 4.74 Å². The van der Waals surface area contributed by atoms with Crippen LogP contribution in [0.5, 0.6) is 0 Å². The number of nitrogens with one attached hydrogen (secondary N) is 1. The summed E-state index contributed by atoms with van der Waals surface area (Å²) in [6.45, 7) is 7.83. The van der Waals surface area contributed by atoms with Crippen molar-refractivity contribution in [3.05, 3.63) is 24.2 Å². The van der Waals surface area contributed by atoms with Crippen molar-refractivity contribution in [3.63, 3.8) is 0 Å². The molecule has 1 N–H and O–H groups in total. The van der Waals surface area contributed by atoms with Gasteiger partial charge in [0.15, 0.2) is 0 Å². The zero-order chi connectivity index (χ0) is 16.8. The van der Waals surface area contributed by atoms with E-state index in [1.807, 2.05) is 24.0 Å². The summed E-state index contributed by atoms with van der Waals surface area (Å²) < 4.78 is 11.0. The lowest BCUT2D eigenvalue weighted by atomic mass is 10.1. The average molecular weight is 335 g/mol. The summed E-state index contributed by atoms with van der Waals surface area (Å²) in [5.74, 6) is 1.40. The highest BCUT2D eigenvalue weighted by Gasteiger charge is 2.27. The molecule has 6 heteroatoms. The van der Waals surface area contributed by atoms with Crippen molar-refractivity contribution in [1.29, 1.82) is 0 Å². The zero-order valence-electron chi connectivity index (χ0n) is 14.6. The summed E-state index contributed by atoms with van der Waals surface area (Å²) in [6.07, 6.45) is 5.19. The molecule has 0 spiro atoms. The fraction of sp³-hybridized carbons (Fsp3) is 0.722. The number of amides is 2. The number of likely N-dealkylation sites (tertiary alicyclic amines) is 1. The van der Waals surface area contributed by atoms with Crippen molar-refractivity contribution < 1.29 is 13.9 Å². The summed E-state index contributed by atoms with van der Waals surface area (Å²) >= 11 is 0. The zero-order valence-corrected chi connectivity index (χ0v) is 14.6. The van der Waals surface area contributed by atoms with Gasteiger partial charge < -0.3 is 19.4 Å². The normalized spacial score (nSPS) is 22.6. The van der Waals surface area contributed by atoms with Gasteiger partial charge in [0.2, 0.25) is 0 Å². The molecule has 0 radical (unpaired) electrons. The molecule has 2 aliphatic heterocycles. The average Bonchev–Trinajstić information content (AvgIpc) is 3.34. The third-order valence-electron chi connectivity index (χ3n) is 5.07. The van der Waals surface area contributed by atoms with Crippen molar-refractivity contribution in [2.75, 3.05) is 45.9 Å². The Morgan fingerprint density at radius 1 is 1.46 bits per heavy atom. The van der Waals surface area contributed by atoms with E-state index in [4.69, 9.17) is 9.15 Å². The van der Waals surface area contributed by atoms with Crippen molar-refractivity contribution in [3.8, 4) is 0 Å². The molecule has 0 bridgehead atoms. The van der Waals surface area contributed by atoms with Crippen LogP contribution in [0.1, 0.15) is 38.0 Å². The Bertz CT molecular complexity index is 494. The number of ether oxygens (including phenoxy) is 1. The standard InChI is InChI=1S/C18H29N3O3/c1-2-20(13-15-7-11-23-14-15)18(22)19-12-16(17-6-5-10-24-17)21-8-3-4-9-21/h5-6,10,15-16H,2-4,7-9,11-14H2,1H3,(H,19,22)/t15-,16+/m0/s1. The molecule has 1 aromatic heterocycles. The molecular formula is C18H29N3O3. The van der Waals surface area contributed by atoms with Crippen LogP contribution in [0.15, 0.2) is 22.8 Å². The Balaban J connectivity index is 1.55. The van der Waals surface area contributed by atoms with Crippen LogP contribution in [0.25, 0.3) is 0 Å². The number of hydrogen-bond acceptors (Lipinski definition) is 4. The molecule has 2 fully saturated rings. The highest BCUT2D eigenvalue weighted by molar-refractivity contribution is 5.74. The Labute approximate surface area is 144 Å². The van der Waals surface area contributed by atoms with Crippen LogP contribution in [0.3, 0.4) is 0 Å². The number of rotatable bonds is 7. The molecule has 2 atom stereocenters. The molecule has 3 heterocycles. The number of hydrogen-bond donors (Lipinski definition) is 1. The first-order valence-corrected chi connectivity index (χ1v) is 9.16. The maximum absolute atomic E-state index is 12.6. The van der Waals surface area contributed by atoms with Crippen molar-refractivity contribution in [2.45, 2.75) is 32.2 Å². The van der Waals surface area contributed by atoms with E-state index < -0.39 is 0 Å². The van der Waals surface area contributed by atoms with E-state index in [9.17, 15) is 4.79 Å². The van der Waals surface area contributed by atoms with Gasteiger partial charge in [-0.05, 0) is 51.4 Å². The van der Waals surface area contributed by atoms with E-state index in [-0.39, 0.29) is 12.1 Å². The predicted octanol–water partition coefficient (Wildman–Crippen LogP) is 2.48. The van der Waals surface area contributed by atoms with E-state index in [1.165, 1.54) is 12.8 Å². The van der Waals surface area contributed by atoms with Crippen LogP contribution in [-0.4, -0.2) is 61.8 Å². The summed E-state index contributed by atoms with van der Waals surface area (Å²) in [5, 5.41) is 3.12. The highest BCUT2D eigenvalue weighted by Crippen LogP contribution is 2.25. The fourth-order valence-electron chi connectivity index (χ4n) is 3.63. The van der Waals surface area contributed by atoms with E-state index in [0.717, 1.165) is 51.6 Å². The van der Waals surface area contributed by atoms with Crippen molar-refractivity contribution in [2.24, 2.45) is 5.92 Å². The number of carbonyl (C=O) groups is 1. The molecule has 0 aromatic carbocycles. The van der Waals surface area contributed by atoms with Gasteiger partial charge in [-0.1, -0.05) is 0 Å². The maximum Gasteiger partial charge on any atom is 0.317 e. The largest absolute Gasteiger partial charge is 0.468 e. The Morgan fingerprint density at radius 3 is 2.92 bits per heavy atom. The second-order valence-electron chi connectivity index (χ2n) is 6.73. The van der Waals surface area contributed by atoms with Crippen LogP contribution < -0.4 is 5.32 Å². The van der Waals surface area contributed by atoms with Gasteiger partial charge in [0.1, 0.15) is 5.76 Å². The first kappa shape index (κ1) is 17.3. The first-order valence-electron chi connectivity index (χ1n) is 9.16. The summed E-state index contributed by atoms with van der Waals surface area (Å²) in [6, 6.07) is 4.06. The molecule has 134 valence electrons. The first-order chi connectivity index (χ1) is 11.8. The molecule has 24 heavy (non-hydrogen) atoms. The summed E-state index contributed by atoms with van der Waals surface area (Å²) in [5.41, 5.74) is 0. The van der Waals surface area contributed by atoms with Gasteiger partial charge in [-0.2, -0.15) is 0 Å². The minimum atomic E-state index is 0.0140. The molecule has 2 saturated heterocycles. The molecule has 2 aliphatic rings. The molecule has 0 saturated carbocycles. The third-order valence-corrected chi connectivity index (χ3v) is 5.07. The monoisotopic (exact) mass is 335 g/mol. The summed E-state index contributed by atoms with van der Waals surface area (Å²) in [7, 11) is 0. The molecule has 0 unspecified atom stereocenters. The van der Waals surface area contributed by atoms with E-state index in [0.29, 0.717) is 12.5 Å². The van der Waals surface area contributed by atoms with E-state index >= 15 is 0 Å². The molecule has 0 aliphatic carbocycles. The second kappa shape index (κ2) is 8.53. The Morgan fingerprint density at radius 2 is 2.29 bits per heavy atom. The molecule has 1 aromatic rings. The lowest BCUT2D eigenvalue weighted by Gasteiger charge is -2.28. The third kappa shape index (κ3) is 4.30. The van der Waals surface area contributed by atoms with Crippen LogP contribution in [0, 0.1) is 5.92 Å². The topological polar surface area (TPSA) is 58.0 Å². The van der Waals surface area contributed by atoms with E-state index in [2.05, 4.69) is 10.2 Å². The minimum Gasteiger partial charge on any atom is -0.468 e. The molecule has 2 amide bonds. The minimum absolute atomic E-state index is 0.0140. The van der Waals surface area contributed by atoms with Crippen LogP contribution in [0.4, 0.5) is 4.79 Å². The predicted molar refractivity (Wildman–Crippen MR) is 91.8 cm³/mol. The van der Waals surface area contributed by atoms with Gasteiger partial charge in [-0.25, -0.2) is 4.79 Å². The number of urea groups is 1. The van der Waals surface area contributed by atoms with Gasteiger partial charge in [0.05, 0.1) is 18.9 Å². The van der Waals surface area contributed by atoms with E-state index in [1.54, 1.807) is 6.26 Å². The van der Waals surface area contributed by atoms with Gasteiger partial charge in [-0.3, -0.25) is 4.90 Å². The maximum atomic E-state index is 12.6. The van der Waals surface area contributed by atoms with Gasteiger partial charge >= 0.3 is 6.03 Å². The van der Waals surface area contributed by atoms with Crippen molar-refractivity contribution in [1.82, 2.24) is 15.1 Å². The molecular weight excluding hydrogens is 306 g/mol. The lowest BCUT2D eigenvalue weighted by Crippen LogP contribution is -2.45. The van der Waals surface area contributed by atoms with Crippen LogP contribution in [0.2, 0.25) is 0 Å². The van der Waals surface area contributed by atoms with Crippen LogP contribution >= 0.6 is 0 Å². The Hall–Kier alpha value is -1.53. The number of furan rings is 1. The molecule has 3 rings (SSSR count). The van der Waals surface area contributed by atoms with Gasteiger partial charge in [0, 0.05) is 32.2 Å². The van der Waals surface area contributed by atoms with Gasteiger partial charge in [-0.15, -0.1) is 0 Å². The fourth-order valence-corrected chi connectivity index (χ4v) is 3.63. The highest BCUT2D eigenvalue weighted by atomic mass is 16.5. The SMILES string of the molecule is CCN(C[C@@H]1CCOC1)C(=O)NC[C@H](c1ccco1)N1CCCC1. The number of carbonyl (C=O) groups excluding carboxylic acids is 1. The van der Waals surface area contributed by atoms with Gasteiger partial charge in [0.25, 0.3) is 0 Å². The molecule has 6 nitrogen and oxygen atoms in total. The smallest absolute Gasteiger partial charge is 0.317 e. The second-order valence-corrected chi connectivity index (χ2v) is 6.73.